The Morgan fingerprint density at radius 1 is 1.15 bits per heavy atom. The first-order valence-corrected chi connectivity index (χ1v) is 5.83. The van der Waals surface area contributed by atoms with Gasteiger partial charge in [0, 0.05) is 16.8 Å². The number of aliphatic hydroxyl groups excluding tert-OH is 1. The minimum absolute atomic E-state index is 0.0407. The van der Waals surface area contributed by atoms with Gasteiger partial charge in [0.25, 0.3) is 0 Å². The van der Waals surface area contributed by atoms with Gasteiger partial charge >= 0.3 is 6.18 Å². The zero-order chi connectivity index (χ0) is 14.9. The molecule has 0 fully saturated rings. The number of hydrogen-bond acceptors (Lipinski definition) is 2. The van der Waals surface area contributed by atoms with E-state index in [1.807, 2.05) is 0 Å². The third-order valence-corrected chi connectivity index (χ3v) is 2.99. The molecule has 0 aliphatic carbocycles. The van der Waals surface area contributed by atoms with Gasteiger partial charge in [0.1, 0.15) is 11.9 Å². The summed E-state index contributed by atoms with van der Waals surface area (Å²) in [5.74, 6) is -0.615. The molecule has 20 heavy (non-hydrogen) atoms. The lowest BCUT2D eigenvalue weighted by Crippen LogP contribution is -2.08. The van der Waals surface area contributed by atoms with E-state index in [0.29, 0.717) is 6.20 Å². The van der Waals surface area contributed by atoms with E-state index in [0.717, 1.165) is 24.3 Å². The van der Waals surface area contributed by atoms with Crippen molar-refractivity contribution in [1.82, 2.24) is 4.98 Å². The van der Waals surface area contributed by atoms with Crippen molar-refractivity contribution in [3.05, 3.63) is 64.2 Å². The highest BCUT2D eigenvalue weighted by atomic mass is 35.5. The van der Waals surface area contributed by atoms with E-state index in [-0.39, 0.29) is 16.3 Å². The number of pyridine rings is 1. The van der Waals surface area contributed by atoms with Gasteiger partial charge in [0.05, 0.1) is 11.3 Å². The molecule has 1 atom stereocenters. The molecular formula is C13H8ClF4NO. The smallest absolute Gasteiger partial charge is 0.382 e. The Hall–Kier alpha value is -1.66. The fourth-order valence-electron chi connectivity index (χ4n) is 1.62. The molecule has 1 N–H and O–H groups in total. The first-order valence-electron chi connectivity index (χ1n) is 5.45. The third kappa shape index (κ3) is 3.08. The molecule has 1 heterocycles. The topological polar surface area (TPSA) is 33.1 Å². The first kappa shape index (κ1) is 14.7. The van der Waals surface area contributed by atoms with E-state index in [9.17, 15) is 22.7 Å². The largest absolute Gasteiger partial charge is 0.417 e. The van der Waals surface area contributed by atoms with E-state index < -0.39 is 23.7 Å². The number of alkyl halides is 3. The van der Waals surface area contributed by atoms with Crippen molar-refractivity contribution in [2.24, 2.45) is 0 Å². The standard InChI is InChI=1S/C13H8ClF4NO/c14-10-3-2-8(15)5-9(10)12(20)11-4-1-7(6-19-11)13(16,17)18/h1-6,12,20H. The molecular weight excluding hydrogens is 298 g/mol. The van der Waals surface area contributed by atoms with Crippen molar-refractivity contribution in [3.63, 3.8) is 0 Å². The number of halogens is 5. The number of aromatic nitrogens is 1. The Balaban J connectivity index is 2.34. The Morgan fingerprint density at radius 3 is 2.40 bits per heavy atom. The molecule has 2 aromatic rings. The van der Waals surface area contributed by atoms with Crippen LogP contribution in [0.2, 0.25) is 5.02 Å². The second kappa shape index (κ2) is 5.38. The van der Waals surface area contributed by atoms with E-state index in [1.54, 1.807) is 0 Å². The van der Waals surface area contributed by atoms with Crippen molar-refractivity contribution in [2.45, 2.75) is 12.3 Å². The lowest BCUT2D eigenvalue weighted by Gasteiger charge is -2.13. The van der Waals surface area contributed by atoms with Crippen molar-refractivity contribution in [3.8, 4) is 0 Å². The molecule has 2 rings (SSSR count). The molecule has 106 valence electrons. The molecule has 0 amide bonds. The van der Waals surface area contributed by atoms with E-state index in [4.69, 9.17) is 11.6 Å². The summed E-state index contributed by atoms with van der Waals surface area (Å²) in [5.41, 5.74) is -0.941. The molecule has 0 aliphatic heterocycles. The highest BCUT2D eigenvalue weighted by Gasteiger charge is 2.31. The first-order chi connectivity index (χ1) is 9.29. The van der Waals surface area contributed by atoms with E-state index >= 15 is 0 Å². The summed E-state index contributed by atoms with van der Waals surface area (Å²) in [4.78, 5) is 3.54. The third-order valence-electron chi connectivity index (χ3n) is 2.65. The van der Waals surface area contributed by atoms with Crippen LogP contribution in [0.4, 0.5) is 17.6 Å². The summed E-state index contributed by atoms with van der Waals surface area (Å²) in [6, 6.07) is 5.18. The lowest BCUT2D eigenvalue weighted by molar-refractivity contribution is -0.137. The zero-order valence-corrected chi connectivity index (χ0v) is 10.6. The summed E-state index contributed by atoms with van der Waals surface area (Å²) < 4.78 is 50.3. The molecule has 0 saturated carbocycles. The summed E-state index contributed by atoms with van der Waals surface area (Å²) in [7, 11) is 0. The predicted octanol–water partition coefficient (Wildman–Crippen LogP) is 3.97. The fourth-order valence-corrected chi connectivity index (χ4v) is 1.84. The van der Waals surface area contributed by atoms with E-state index in [1.165, 1.54) is 6.07 Å². The van der Waals surface area contributed by atoms with Crippen molar-refractivity contribution in [1.29, 1.82) is 0 Å². The molecule has 0 spiro atoms. The van der Waals surface area contributed by atoms with Crippen LogP contribution in [0.5, 0.6) is 0 Å². The molecule has 1 unspecified atom stereocenters. The van der Waals surface area contributed by atoms with Crippen LogP contribution in [0.25, 0.3) is 0 Å². The SMILES string of the molecule is OC(c1ccc(C(F)(F)F)cn1)c1cc(F)ccc1Cl. The summed E-state index contributed by atoms with van der Waals surface area (Å²) in [6.07, 6.45) is -5.31. The van der Waals surface area contributed by atoms with Gasteiger partial charge in [-0.2, -0.15) is 13.2 Å². The second-order valence-corrected chi connectivity index (χ2v) is 4.45. The average molecular weight is 306 g/mol. The minimum atomic E-state index is -4.51. The van der Waals surface area contributed by atoms with Gasteiger partial charge in [0.15, 0.2) is 0 Å². The molecule has 0 bridgehead atoms. The highest BCUT2D eigenvalue weighted by Crippen LogP contribution is 2.31. The van der Waals surface area contributed by atoms with Crippen LogP contribution in [0.1, 0.15) is 22.9 Å². The van der Waals surface area contributed by atoms with Gasteiger partial charge in [0.2, 0.25) is 0 Å². The normalized spacial score (nSPS) is 13.3. The van der Waals surface area contributed by atoms with Gasteiger partial charge in [-0.3, -0.25) is 4.98 Å². The van der Waals surface area contributed by atoms with Crippen LogP contribution in [0, 0.1) is 5.82 Å². The molecule has 7 heteroatoms. The number of benzene rings is 1. The predicted molar refractivity (Wildman–Crippen MR) is 64.7 cm³/mol. The van der Waals surface area contributed by atoms with Crippen LogP contribution in [0.15, 0.2) is 36.5 Å². The monoisotopic (exact) mass is 305 g/mol. The van der Waals surface area contributed by atoms with Crippen LogP contribution in [-0.4, -0.2) is 10.1 Å². The maximum Gasteiger partial charge on any atom is 0.417 e. The Bertz CT molecular complexity index is 613. The van der Waals surface area contributed by atoms with Crippen molar-refractivity contribution < 1.29 is 22.7 Å². The quantitative estimate of drug-likeness (QED) is 0.852. The van der Waals surface area contributed by atoms with Gasteiger partial charge < -0.3 is 5.11 Å². The molecule has 0 aliphatic rings. The van der Waals surface area contributed by atoms with Crippen LogP contribution < -0.4 is 0 Å². The lowest BCUT2D eigenvalue weighted by atomic mass is 10.1. The van der Waals surface area contributed by atoms with Gasteiger partial charge in [-0.15, -0.1) is 0 Å². The maximum atomic E-state index is 13.1. The van der Waals surface area contributed by atoms with Crippen LogP contribution in [0.3, 0.4) is 0 Å². The number of rotatable bonds is 2. The van der Waals surface area contributed by atoms with E-state index in [2.05, 4.69) is 4.98 Å². The van der Waals surface area contributed by atoms with Crippen molar-refractivity contribution in [2.75, 3.05) is 0 Å². The number of nitrogens with zero attached hydrogens (tertiary/aromatic N) is 1. The zero-order valence-electron chi connectivity index (χ0n) is 9.83. The minimum Gasteiger partial charge on any atom is -0.382 e. The molecule has 1 aromatic heterocycles. The fraction of sp³-hybridized carbons (Fsp3) is 0.154. The van der Waals surface area contributed by atoms with Gasteiger partial charge in [-0.1, -0.05) is 11.6 Å². The Labute approximate surface area is 116 Å². The van der Waals surface area contributed by atoms with Gasteiger partial charge in [-0.25, -0.2) is 4.39 Å². The Morgan fingerprint density at radius 2 is 1.85 bits per heavy atom. The molecule has 2 nitrogen and oxygen atoms in total. The summed E-state index contributed by atoms with van der Waals surface area (Å²) in [6.45, 7) is 0. The maximum absolute atomic E-state index is 13.1. The highest BCUT2D eigenvalue weighted by molar-refractivity contribution is 6.31. The molecule has 0 saturated heterocycles. The Kier molecular flexibility index (Phi) is 3.96. The van der Waals surface area contributed by atoms with Gasteiger partial charge in [-0.05, 0) is 30.3 Å². The molecule has 0 radical (unpaired) electrons. The second-order valence-electron chi connectivity index (χ2n) is 4.04. The van der Waals surface area contributed by atoms with Crippen LogP contribution >= 0.6 is 11.6 Å². The number of aliphatic hydroxyl groups is 1. The summed E-state index contributed by atoms with van der Waals surface area (Å²) >= 11 is 5.81. The van der Waals surface area contributed by atoms with Crippen molar-refractivity contribution >= 4 is 11.6 Å². The average Bonchev–Trinajstić information content (AvgIpc) is 2.40. The number of hydrogen-bond donors (Lipinski definition) is 1. The van der Waals surface area contributed by atoms with Crippen LogP contribution in [-0.2, 0) is 6.18 Å². The summed E-state index contributed by atoms with van der Waals surface area (Å²) in [5, 5.41) is 10.1. The molecule has 1 aromatic carbocycles.